The molecule has 1 atom stereocenters. The monoisotopic (exact) mass is 485 g/mol. The average Bonchev–Trinajstić information content (AvgIpc) is 3.17. The van der Waals surface area contributed by atoms with Crippen LogP contribution in [0.1, 0.15) is 66.4 Å². The number of hydrogen-bond acceptors (Lipinski definition) is 7. The summed E-state index contributed by atoms with van der Waals surface area (Å²) in [6, 6.07) is 7.25. The van der Waals surface area contributed by atoms with Crippen molar-refractivity contribution < 1.29 is 23.9 Å². The second kappa shape index (κ2) is 12.3. The van der Waals surface area contributed by atoms with E-state index in [0.29, 0.717) is 23.1 Å². The van der Waals surface area contributed by atoms with Crippen LogP contribution in [0.3, 0.4) is 0 Å². The quantitative estimate of drug-likeness (QED) is 0.181. The van der Waals surface area contributed by atoms with Crippen molar-refractivity contribution in [2.24, 2.45) is 11.0 Å². The Labute approximate surface area is 203 Å². The summed E-state index contributed by atoms with van der Waals surface area (Å²) in [6.07, 6.45) is 6.04. The van der Waals surface area contributed by atoms with Crippen molar-refractivity contribution in [3.05, 3.63) is 45.8 Å². The van der Waals surface area contributed by atoms with Crippen molar-refractivity contribution in [2.45, 2.75) is 52.9 Å². The van der Waals surface area contributed by atoms with E-state index in [0.717, 1.165) is 53.9 Å². The molecule has 182 valence electrons. The SMILES string of the molecule is CCCCOc1ccc(/C=N\NC(=O)C(=O)Nc2sc3c(c2C(=O)OCC)CC[C@H](C)C3)cc1. The van der Waals surface area contributed by atoms with E-state index in [2.05, 4.69) is 29.7 Å². The van der Waals surface area contributed by atoms with Gasteiger partial charge in [0.25, 0.3) is 0 Å². The first-order valence-electron chi connectivity index (χ1n) is 11.6. The number of esters is 1. The summed E-state index contributed by atoms with van der Waals surface area (Å²) in [5, 5.41) is 6.78. The minimum atomic E-state index is -0.926. The number of amides is 2. The maximum Gasteiger partial charge on any atom is 0.341 e. The number of anilines is 1. The second-order valence-electron chi connectivity index (χ2n) is 8.20. The molecule has 2 aromatic rings. The van der Waals surface area contributed by atoms with E-state index < -0.39 is 17.8 Å². The molecule has 1 aliphatic rings. The Morgan fingerprint density at radius 1 is 1.18 bits per heavy atom. The van der Waals surface area contributed by atoms with E-state index in [9.17, 15) is 14.4 Å². The zero-order valence-corrected chi connectivity index (χ0v) is 20.6. The van der Waals surface area contributed by atoms with E-state index in [1.807, 2.05) is 12.1 Å². The van der Waals surface area contributed by atoms with Crippen LogP contribution >= 0.6 is 11.3 Å². The molecule has 8 nitrogen and oxygen atoms in total. The molecule has 34 heavy (non-hydrogen) atoms. The summed E-state index contributed by atoms with van der Waals surface area (Å²) in [5.74, 6) is -1.04. The molecular formula is C25H31N3O5S. The molecular weight excluding hydrogens is 454 g/mol. The van der Waals surface area contributed by atoms with Crippen LogP contribution in [0, 0.1) is 5.92 Å². The normalized spacial score (nSPS) is 15.0. The fourth-order valence-corrected chi connectivity index (χ4v) is 5.01. The topological polar surface area (TPSA) is 106 Å². The first kappa shape index (κ1) is 25.4. The van der Waals surface area contributed by atoms with Gasteiger partial charge in [0, 0.05) is 4.88 Å². The van der Waals surface area contributed by atoms with Crippen molar-refractivity contribution in [2.75, 3.05) is 18.5 Å². The van der Waals surface area contributed by atoms with Crippen LogP contribution in [0.4, 0.5) is 5.00 Å². The third kappa shape index (κ3) is 6.66. The third-order valence-corrected chi connectivity index (χ3v) is 6.62. The van der Waals surface area contributed by atoms with Crippen LogP contribution in [-0.4, -0.2) is 37.2 Å². The van der Waals surface area contributed by atoms with Gasteiger partial charge < -0.3 is 14.8 Å². The summed E-state index contributed by atoms with van der Waals surface area (Å²) < 4.78 is 10.8. The summed E-state index contributed by atoms with van der Waals surface area (Å²) in [4.78, 5) is 38.4. The molecule has 0 saturated heterocycles. The number of fused-ring (bicyclic) bond motifs is 1. The van der Waals surface area contributed by atoms with Crippen LogP contribution in [-0.2, 0) is 27.2 Å². The van der Waals surface area contributed by atoms with Gasteiger partial charge in [-0.3, -0.25) is 9.59 Å². The van der Waals surface area contributed by atoms with Gasteiger partial charge in [-0.05, 0) is 73.9 Å². The fraction of sp³-hybridized carbons (Fsp3) is 0.440. The molecule has 0 bridgehead atoms. The molecule has 1 aliphatic carbocycles. The summed E-state index contributed by atoms with van der Waals surface area (Å²) >= 11 is 1.33. The van der Waals surface area contributed by atoms with E-state index >= 15 is 0 Å². The van der Waals surface area contributed by atoms with E-state index in [1.54, 1.807) is 19.1 Å². The molecule has 1 aromatic heterocycles. The molecule has 0 unspecified atom stereocenters. The van der Waals surface area contributed by atoms with Gasteiger partial charge >= 0.3 is 17.8 Å². The predicted octanol–water partition coefficient (Wildman–Crippen LogP) is 4.32. The lowest BCUT2D eigenvalue weighted by molar-refractivity contribution is -0.136. The fourth-order valence-electron chi connectivity index (χ4n) is 3.62. The number of benzene rings is 1. The molecule has 3 rings (SSSR count). The van der Waals surface area contributed by atoms with Crippen LogP contribution in [0.25, 0.3) is 0 Å². The highest BCUT2D eigenvalue weighted by molar-refractivity contribution is 7.17. The number of carbonyl (C=O) groups excluding carboxylic acids is 3. The maximum atomic E-state index is 12.6. The van der Waals surface area contributed by atoms with Crippen LogP contribution in [0.5, 0.6) is 5.75 Å². The molecule has 1 heterocycles. The highest BCUT2D eigenvalue weighted by atomic mass is 32.1. The minimum Gasteiger partial charge on any atom is -0.494 e. The van der Waals surface area contributed by atoms with Gasteiger partial charge in [-0.25, -0.2) is 10.2 Å². The third-order valence-electron chi connectivity index (χ3n) is 5.45. The number of unbranched alkanes of at least 4 members (excludes halogenated alkanes) is 1. The lowest BCUT2D eigenvalue weighted by atomic mass is 9.88. The summed E-state index contributed by atoms with van der Waals surface area (Å²) in [5.41, 5.74) is 4.24. The number of rotatable bonds is 9. The van der Waals surface area contributed by atoms with Crippen molar-refractivity contribution in [3.63, 3.8) is 0 Å². The Kier molecular flexibility index (Phi) is 9.21. The van der Waals surface area contributed by atoms with Gasteiger partial charge in [-0.15, -0.1) is 11.3 Å². The van der Waals surface area contributed by atoms with Crippen molar-refractivity contribution in [1.29, 1.82) is 0 Å². The molecule has 0 saturated carbocycles. The molecule has 9 heteroatoms. The number of carbonyl (C=O) groups is 3. The summed E-state index contributed by atoms with van der Waals surface area (Å²) in [6.45, 7) is 6.89. The number of ether oxygens (including phenoxy) is 2. The predicted molar refractivity (Wildman–Crippen MR) is 133 cm³/mol. The Balaban J connectivity index is 1.61. The second-order valence-corrected chi connectivity index (χ2v) is 9.31. The molecule has 0 radical (unpaired) electrons. The van der Waals surface area contributed by atoms with Crippen LogP contribution in [0.2, 0.25) is 0 Å². The van der Waals surface area contributed by atoms with Crippen LogP contribution in [0.15, 0.2) is 29.4 Å². The number of nitrogens with one attached hydrogen (secondary N) is 2. The zero-order valence-electron chi connectivity index (χ0n) is 19.8. The van der Waals surface area contributed by atoms with Gasteiger partial charge in [0.2, 0.25) is 0 Å². The molecule has 1 aromatic carbocycles. The number of hydrazone groups is 1. The average molecular weight is 486 g/mol. The largest absolute Gasteiger partial charge is 0.494 e. The standard InChI is InChI=1S/C25H31N3O5S/c1-4-6-13-33-18-10-8-17(9-11-18)15-26-28-23(30)22(29)27-24-21(25(31)32-5-2)19-12-7-16(3)14-20(19)34-24/h8-11,15-16H,4-7,12-14H2,1-3H3,(H,27,29)(H,28,30)/b26-15-/t16-/m0/s1. The van der Waals surface area contributed by atoms with Crippen molar-refractivity contribution in [3.8, 4) is 5.75 Å². The number of nitrogens with zero attached hydrogens (tertiary/aromatic N) is 1. The first-order valence-corrected chi connectivity index (χ1v) is 12.4. The number of thiophene rings is 1. The molecule has 0 spiro atoms. The molecule has 0 aliphatic heterocycles. The van der Waals surface area contributed by atoms with E-state index in [1.165, 1.54) is 17.6 Å². The molecule has 2 N–H and O–H groups in total. The van der Waals surface area contributed by atoms with Gasteiger partial charge in [0.15, 0.2) is 0 Å². The first-order chi connectivity index (χ1) is 16.4. The molecule has 0 fully saturated rings. The smallest absolute Gasteiger partial charge is 0.341 e. The molecule has 2 amide bonds. The Morgan fingerprint density at radius 3 is 2.65 bits per heavy atom. The highest BCUT2D eigenvalue weighted by Gasteiger charge is 2.30. The number of hydrogen-bond donors (Lipinski definition) is 2. The van der Waals surface area contributed by atoms with E-state index in [4.69, 9.17) is 9.47 Å². The zero-order chi connectivity index (χ0) is 24.5. The Hall–Kier alpha value is -3.20. The lowest BCUT2D eigenvalue weighted by Crippen LogP contribution is -2.32. The van der Waals surface area contributed by atoms with Crippen molar-refractivity contribution >= 4 is 40.3 Å². The van der Waals surface area contributed by atoms with Gasteiger partial charge in [-0.2, -0.15) is 5.10 Å². The highest BCUT2D eigenvalue weighted by Crippen LogP contribution is 2.40. The van der Waals surface area contributed by atoms with Crippen molar-refractivity contribution in [1.82, 2.24) is 5.43 Å². The van der Waals surface area contributed by atoms with Gasteiger partial charge in [-0.1, -0.05) is 20.3 Å². The maximum absolute atomic E-state index is 12.6. The Morgan fingerprint density at radius 2 is 1.94 bits per heavy atom. The Bertz CT molecular complexity index is 1050. The van der Waals surface area contributed by atoms with Gasteiger partial charge in [0.1, 0.15) is 10.8 Å². The van der Waals surface area contributed by atoms with E-state index in [-0.39, 0.29) is 6.61 Å². The van der Waals surface area contributed by atoms with Crippen LogP contribution < -0.4 is 15.5 Å². The van der Waals surface area contributed by atoms with Gasteiger partial charge in [0.05, 0.1) is 25.0 Å². The lowest BCUT2D eigenvalue weighted by Gasteiger charge is -2.18. The summed E-state index contributed by atoms with van der Waals surface area (Å²) in [7, 11) is 0. The minimum absolute atomic E-state index is 0.230.